The van der Waals surface area contributed by atoms with E-state index in [9.17, 15) is 9.90 Å². The lowest BCUT2D eigenvalue weighted by molar-refractivity contribution is -0.144. The zero-order valence-electron chi connectivity index (χ0n) is 19.8. The molecule has 0 saturated carbocycles. The number of hydrogen-bond donors (Lipinski definition) is 1. The minimum Gasteiger partial charge on any atom is -0.479 e. The molecule has 0 unspecified atom stereocenters. The lowest BCUT2D eigenvalue weighted by Gasteiger charge is -2.47. The number of rotatable bonds is 8. The zero-order chi connectivity index (χ0) is 24.8. The molecule has 3 heteroatoms. The fourth-order valence-corrected chi connectivity index (χ4v) is 5.14. The van der Waals surface area contributed by atoms with Crippen LogP contribution < -0.4 is 4.90 Å². The van der Waals surface area contributed by atoms with Gasteiger partial charge in [0.25, 0.3) is 0 Å². The summed E-state index contributed by atoms with van der Waals surface area (Å²) >= 11 is 0. The summed E-state index contributed by atoms with van der Waals surface area (Å²) < 4.78 is 0. The van der Waals surface area contributed by atoms with Gasteiger partial charge in [-0.3, -0.25) is 0 Å². The number of nitrogens with zero attached hydrogens (tertiary/aromatic N) is 1. The van der Waals surface area contributed by atoms with E-state index in [1.807, 2.05) is 157 Å². The van der Waals surface area contributed by atoms with Crippen molar-refractivity contribution in [1.82, 2.24) is 0 Å². The summed E-state index contributed by atoms with van der Waals surface area (Å²) in [5, 5.41) is 11.4. The van der Waals surface area contributed by atoms with Crippen molar-refractivity contribution in [3.63, 3.8) is 0 Å². The molecule has 36 heavy (non-hydrogen) atoms. The number of carboxylic acid groups (broad SMARTS) is 1. The molecule has 1 N–H and O–H groups in total. The predicted octanol–water partition coefficient (Wildman–Crippen LogP) is 7.64. The second-order valence-corrected chi connectivity index (χ2v) is 8.70. The van der Waals surface area contributed by atoms with Crippen molar-refractivity contribution in [2.75, 3.05) is 4.90 Å². The summed E-state index contributed by atoms with van der Waals surface area (Å²) in [5.41, 5.74) is 2.63. The van der Waals surface area contributed by atoms with Gasteiger partial charge in [-0.05, 0) is 41.0 Å². The van der Waals surface area contributed by atoms with Gasteiger partial charge in [0, 0.05) is 17.3 Å². The maximum Gasteiger partial charge on any atom is 0.335 e. The first-order valence-electron chi connectivity index (χ1n) is 12.0. The van der Waals surface area contributed by atoms with Crippen LogP contribution in [0.3, 0.4) is 0 Å². The predicted molar refractivity (Wildman–Crippen MR) is 146 cm³/mol. The number of anilines is 2. The van der Waals surface area contributed by atoms with Gasteiger partial charge in [0.2, 0.25) is 0 Å². The van der Waals surface area contributed by atoms with Gasteiger partial charge in [0.1, 0.15) is 0 Å². The van der Waals surface area contributed by atoms with Crippen LogP contribution in [0.15, 0.2) is 152 Å². The molecule has 0 saturated heterocycles. The number of aliphatic carboxylic acids is 1. The second kappa shape index (κ2) is 10.3. The lowest BCUT2D eigenvalue weighted by atomic mass is 9.69. The average molecular weight is 470 g/mol. The van der Waals surface area contributed by atoms with E-state index in [1.165, 1.54) is 0 Å². The van der Waals surface area contributed by atoms with Crippen LogP contribution in [-0.2, 0) is 10.3 Å². The van der Waals surface area contributed by atoms with Crippen LogP contribution >= 0.6 is 0 Å². The normalized spacial score (nSPS) is 12.6. The summed E-state index contributed by atoms with van der Waals surface area (Å²) in [6.07, 6.45) is 0. The molecule has 176 valence electrons. The van der Waals surface area contributed by atoms with Gasteiger partial charge in [0.15, 0.2) is 5.54 Å². The van der Waals surface area contributed by atoms with Gasteiger partial charge in [-0.2, -0.15) is 0 Å². The third-order valence-corrected chi connectivity index (χ3v) is 6.61. The minimum absolute atomic E-state index is 0.528. The zero-order valence-corrected chi connectivity index (χ0v) is 19.8. The molecule has 5 rings (SSSR count). The molecule has 1 atom stereocenters. The fraction of sp³-hybridized carbons (Fsp3) is 0.0606. The highest BCUT2D eigenvalue weighted by molar-refractivity contribution is 5.91. The monoisotopic (exact) mass is 469 g/mol. The molecule has 5 aromatic carbocycles. The molecule has 0 bridgehead atoms. The Kier molecular flexibility index (Phi) is 6.63. The quantitative estimate of drug-likeness (QED) is 0.254. The van der Waals surface area contributed by atoms with E-state index < -0.39 is 17.4 Å². The molecule has 0 spiro atoms. The Labute approximate surface area is 211 Å². The highest BCUT2D eigenvalue weighted by atomic mass is 16.4. The van der Waals surface area contributed by atoms with Crippen LogP contribution in [0.2, 0.25) is 0 Å². The van der Waals surface area contributed by atoms with Gasteiger partial charge in [-0.1, -0.05) is 127 Å². The third-order valence-electron chi connectivity index (χ3n) is 6.61. The Morgan fingerprint density at radius 1 is 0.528 bits per heavy atom. The van der Waals surface area contributed by atoms with Crippen molar-refractivity contribution in [1.29, 1.82) is 0 Å². The van der Waals surface area contributed by atoms with Crippen molar-refractivity contribution >= 4 is 17.3 Å². The van der Waals surface area contributed by atoms with E-state index in [-0.39, 0.29) is 0 Å². The molecular weight excluding hydrogens is 442 g/mol. The van der Waals surface area contributed by atoms with Gasteiger partial charge < -0.3 is 10.0 Å². The van der Waals surface area contributed by atoms with Crippen molar-refractivity contribution in [3.05, 3.63) is 168 Å². The Morgan fingerprint density at radius 3 is 1.22 bits per heavy atom. The number of carboxylic acids is 1. The smallest absolute Gasteiger partial charge is 0.335 e. The van der Waals surface area contributed by atoms with Crippen molar-refractivity contribution < 1.29 is 9.90 Å². The number of carbonyl (C=O) groups is 1. The topological polar surface area (TPSA) is 40.5 Å². The molecule has 5 aromatic rings. The largest absolute Gasteiger partial charge is 0.479 e. The van der Waals surface area contributed by atoms with E-state index in [4.69, 9.17) is 0 Å². The minimum atomic E-state index is -1.51. The first-order chi connectivity index (χ1) is 17.7. The fourth-order valence-electron chi connectivity index (χ4n) is 5.14. The van der Waals surface area contributed by atoms with Crippen LogP contribution in [0, 0.1) is 0 Å². The van der Waals surface area contributed by atoms with Crippen LogP contribution in [-0.4, -0.2) is 11.1 Å². The Balaban J connectivity index is 1.94. The average Bonchev–Trinajstić information content (AvgIpc) is 2.95. The first kappa shape index (κ1) is 23.1. The molecule has 0 aliphatic rings. The van der Waals surface area contributed by atoms with Gasteiger partial charge in [-0.15, -0.1) is 0 Å². The van der Waals surface area contributed by atoms with E-state index in [2.05, 4.69) is 0 Å². The highest BCUT2D eigenvalue weighted by Gasteiger charge is 2.54. The molecule has 0 heterocycles. The van der Waals surface area contributed by atoms with Crippen LogP contribution in [0.4, 0.5) is 11.4 Å². The standard InChI is InChI=1S/C33H27NO2/c35-32(36)33(28-20-10-3-11-21-28,31(26-16-6-1-7-17-26)27-18-8-2-9-19-27)34(29-22-12-4-13-23-29)30-24-14-5-15-25-30/h1-25,31H,(H,35,36)/t33-/m0/s1. The Hall–Kier alpha value is -4.63. The molecule has 0 amide bonds. The number of hydrogen-bond acceptors (Lipinski definition) is 2. The first-order valence-corrected chi connectivity index (χ1v) is 12.0. The van der Waals surface area contributed by atoms with E-state index in [1.54, 1.807) is 0 Å². The molecule has 0 aliphatic heterocycles. The maximum atomic E-state index is 14.0. The van der Waals surface area contributed by atoms with Crippen molar-refractivity contribution in [2.45, 2.75) is 11.5 Å². The summed E-state index contributed by atoms with van der Waals surface area (Å²) in [7, 11) is 0. The summed E-state index contributed by atoms with van der Waals surface area (Å²) in [5.74, 6) is -1.46. The van der Waals surface area contributed by atoms with E-state index in [0.29, 0.717) is 5.56 Å². The highest BCUT2D eigenvalue weighted by Crippen LogP contribution is 2.51. The van der Waals surface area contributed by atoms with Gasteiger partial charge in [-0.25, -0.2) is 4.79 Å². The number of para-hydroxylation sites is 2. The maximum absolute atomic E-state index is 14.0. The van der Waals surface area contributed by atoms with Crippen LogP contribution in [0.25, 0.3) is 0 Å². The van der Waals surface area contributed by atoms with E-state index in [0.717, 1.165) is 22.5 Å². The van der Waals surface area contributed by atoms with Crippen molar-refractivity contribution in [2.24, 2.45) is 0 Å². The van der Waals surface area contributed by atoms with Crippen LogP contribution in [0.5, 0.6) is 0 Å². The molecule has 0 aromatic heterocycles. The molecule has 3 nitrogen and oxygen atoms in total. The molecule has 0 aliphatic carbocycles. The molecule has 0 radical (unpaired) electrons. The number of benzene rings is 5. The van der Waals surface area contributed by atoms with Gasteiger partial charge >= 0.3 is 5.97 Å². The summed E-state index contributed by atoms with van der Waals surface area (Å²) in [6, 6.07) is 49.1. The lowest BCUT2D eigenvalue weighted by Crippen LogP contribution is -2.54. The SMILES string of the molecule is O=C(O)[C@](c1ccccc1)(C(c1ccccc1)c1ccccc1)N(c1ccccc1)c1ccccc1. The van der Waals surface area contributed by atoms with Crippen molar-refractivity contribution in [3.8, 4) is 0 Å². The van der Waals surface area contributed by atoms with Gasteiger partial charge in [0.05, 0.1) is 0 Å². The summed E-state index contributed by atoms with van der Waals surface area (Å²) in [6.45, 7) is 0. The van der Waals surface area contributed by atoms with E-state index >= 15 is 0 Å². The summed E-state index contributed by atoms with van der Waals surface area (Å²) in [4.78, 5) is 15.9. The van der Waals surface area contributed by atoms with Crippen LogP contribution in [0.1, 0.15) is 22.6 Å². The second-order valence-electron chi connectivity index (χ2n) is 8.70. The third kappa shape index (κ3) is 4.16. The Morgan fingerprint density at radius 2 is 0.861 bits per heavy atom. The Bertz CT molecular complexity index is 1230. The molecule has 0 fully saturated rings. The molecular formula is C33H27NO2.